The highest BCUT2D eigenvalue weighted by Crippen LogP contribution is 2.43. The number of hydrogen-bond acceptors (Lipinski definition) is 8. The summed E-state index contributed by atoms with van der Waals surface area (Å²) in [6, 6.07) is 3.58. The summed E-state index contributed by atoms with van der Waals surface area (Å²) in [7, 11) is -4.92. The third kappa shape index (κ3) is 2.65. The normalized spacial score (nSPS) is 11.3. The lowest BCUT2D eigenvalue weighted by Gasteiger charge is -2.09. The van der Waals surface area contributed by atoms with Gasteiger partial charge in [-0.05, 0) is 15.9 Å². The number of hydrogen-bond donors (Lipinski definition) is 3. The molecule has 0 atom stereocenters. The molecule has 0 fully saturated rings. The van der Waals surface area contributed by atoms with Crippen LogP contribution in [0.4, 0.5) is 17.1 Å². The van der Waals surface area contributed by atoms with Gasteiger partial charge in [-0.15, -0.1) is 0 Å². The summed E-state index contributed by atoms with van der Waals surface area (Å²) in [5.41, 5.74) is 11.5. The highest BCUT2D eigenvalue weighted by molar-refractivity contribution is 7.86. The van der Waals surface area contributed by atoms with Crippen molar-refractivity contribution in [1.82, 2.24) is 0 Å². The van der Waals surface area contributed by atoms with Crippen LogP contribution in [0.1, 0.15) is 0 Å². The third-order valence-corrected chi connectivity index (χ3v) is 3.85. The molecule has 0 aliphatic rings. The van der Waals surface area contributed by atoms with E-state index < -0.39 is 57.5 Å². The van der Waals surface area contributed by atoms with Crippen molar-refractivity contribution in [2.24, 2.45) is 0 Å². The third-order valence-electron chi connectivity index (χ3n) is 2.95. The minimum absolute atomic E-state index is 0.435. The maximum atomic E-state index is 11.4. The first-order valence-electron chi connectivity index (χ1n) is 5.64. The van der Waals surface area contributed by atoms with E-state index in [1.54, 1.807) is 0 Å². The standard InChI is InChI=1S/C10H7N5O7S/c11-13(16)7-4-8(23(20,21)22)5-2-1-3-6(15(18)19)9(5)10(7)14(12)17/h1-4,11-12H,(H,20,21,22). The number of nitrogens with one attached hydrogen (secondary N) is 2. The van der Waals surface area contributed by atoms with Crippen LogP contribution in [0.2, 0.25) is 0 Å². The van der Waals surface area contributed by atoms with Gasteiger partial charge in [-0.25, -0.2) is 0 Å². The molecule has 0 saturated carbocycles. The van der Waals surface area contributed by atoms with Gasteiger partial charge in [-0.2, -0.15) is 8.42 Å². The summed E-state index contributed by atoms with van der Waals surface area (Å²) in [5, 5.41) is 32.7. The number of nitro groups is 1. The minimum atomic E-state index is -4.92. The van der Waals surface area contributed by atoms with Gasteiger partial charge < -0.3 is 10.4 Å². The minimum Gasteiger partial charge on any atom is -0.594 e. The Balaban J connectivity index is 3.25. The fraction of sp³-hybridized carbons (Fsp3) is 0. The second kappa shape index (κ2) is 5.22. The zero-order chi connectivity index (χ0) is 17.5. The smallest absolute Gasteiger partial charge is 0.333 e. The van der Waals surface area contributed by atoms with Crippen molar-refractivity contribution < 1.29 is 27.6 Å². The molecule has 0 saturated heterocycles. The van der Waals surface area contributed by atoms with E-state index in [1.807, 2.05) is 0 Å². The van der Waals surface area contributed by atoms with Gasteiger partial charge >= 0.3 is 11.4 Å². The Kier molecular flexibility index (Phi) is 3.67. The van der Waals surface area contributed by atoms with E-state index in [2.05, 4.69) is 0 Å². The quantitative estimate of drug-likeness (QED) is 0.249. The molecule has 23 heavy (non-hydrogen) atoms. The molecule has 120 valence electrons. The van der Waals surface area contributed by atoms with Gasteiger partial charge in [-0.3, -0.25) is 14.7 Å². The van der Waals surface area contributed by atoms with Crippen molar-refractivity contribution >= 4 is 38.0 Å². The van der Waals surface area contributed by atoms with Crippen LogP contribution in [-0.4, -0.2) is 27.6 Å². The Morgan fingerprint density at radius 1 is 1.04 bits per heavy atom. The first-order valence-corrected chi connectivity index (χ1v) is 7.08. The van der Waals surface area contributed by atoms with E-state index in [1.165, 1.54) is 0 Å². The highest BCUT2D eigenvalue weighted by atomic mass is 32.2. The largest absolute Gasteiger partial charge is 0.594 e. The van der Waals surface area contributed by atoms with Gasteiger partial charge in [0.2, 0.25) is 0 Å². The number of nitrogens with zero attached hydrogens (tertiary/aromatic N) is 3. The van der Waals surface area contributed by atoms with Gasteiger partial charge in [0.25, 0.3) is 15.8 Å². The molecule has 13 heteroatoms. The van der Waals surface area contributed by atoms with Crippen LogP contribution in [0.5, 0.6) is 0 Å². The van der Waals surface area contributed by atoms with Crippen molar-refractivity contribution in [2.45, 2.75) is 4.90 Å². The monoisotopic (exact) mass is 341 g/mol. The van der Waals surface area contributed by atoms with Crippen molar-refractivity contribution in [2.75, 3.05) is 0 Å². The maximum absolute atomic E-state index is 11.4. The molecule has 0 heterocycles. The first-order chi connectivity index (χ1) is 10.6. The Hall–Kier alpha value is -3.19. The second-order valence-corrected chi connectivity index (χ2v) is 5.65. The average Bonchev–Trinajstić information content (AvgIpc) is 2.42. The number of non-ortho nitro benzene ring substituents is 1. The predicted molar refractivity (Wildman–Crippen MR) is 72.4 cm³/mol. The fourth-order valence-electron chi connectivity index (χ4n) is 2.12. The lowest BCUT2D eigenvalue weighted by atomic mass is 10.1. The molecule has 0 unspecified atom stereocenters. The molecule has 0 aliphatic heterocycles. The molecule has 2 aromatic rings. The molecule has 0 spiro atoms. The lowest BCUT2D eigenvalue weighted by molar-refractivity contribution is -0.499. The lowest BCUT2D eigenvalue weighted by Crippen LogP contribution is -2.05. The first kappa shape index (κ1) is 16.2. The molecule has 0 radical (unpaired) electrons. The fourth-order valence-corrected chi connectivity index (χ4v) is 2.83. The Morgan fingerprint density at radius 3 is 2.09 bits per heavy atom. The molecular weight excluding hydrogens is 334 g/mol. The van der Waals surface area contributed by atoms with E-state index in [0.29, 0.717) is 6.07 Å². The number of nitro benzene ring substituents is 1. The van der Waals surface area contributed by atoms with Gasteiger partial charge in [0.05, 0.1) is 4.92 Å². The van der Waals surface area contributed by atoms with Gasteiger partial charge in [0, 0.05) is 17.5 Å². The summed E-state index contributed by atoms with van der Waals surface area (Å²) in [6.45, 7) is 0. The van der Waals surface area contributed by atoms with Crippen LogP contribution in [0, 0.1) is 31.6 Å². The van der Waals surface area contributed by atoms with Gasteiger partial charge in [0.15, 0.2) is 0 Å². The second-order valence-electron chi connectivity index (χ2n) is 4.26. The number of fused-ring (bicyclic) bond motifs is 1. The molecule has 2 rings (SSSR count). The maximum Gasteiger partial charge on any atom is 0.333 e. The summed E-state index contributed by atoms with van der Waals surface area (Å²) in [4.78, 5) is 7.93. The highest BCUT2D eigenvalue weighted by Gasteiger charge is 2.34. The Morgan fingerprint density at radius 2 is 1.65 bits per heavy atom. The summed E-state index contributed by atoms with van der Waals surface area (Å²) in [5.74, 6) is 0. The van der Waals surface area contributed by atoms with Gasteiger partial charge in [-0.1, -0.05) is 17.0 Å². The molecule has 0 bridgehead atoms. The van der Waals surface area contributed by atoms with E-state index >= 15 is 0 Å². The van der Waals surface area contributed by atoms with E-state index in [-0.39, 0.29) is 0 Å². The Labute approximate surface area is 127 Å². The predicted octanol–water partition coefficient (Wildman–Crippen LogP) is 2.34. The molecular formula is C10H7N5O7S. The van der Waals surface area contributed by atoms with E-state index in [9.17, 15) is 33.5 Å². The van der Waals surface area contributed by atoms with Crippen molar-refractivity contribution in [3.05, 3.63) is 44.8 Å². The average molecular weight is 341 g/mol. The Bertz CT molecular complexity index is 985. The SMILES string of the molecule is N=[N+]([O-])c1cc(S(=O)(=O)O)c2cccc([N+](=O)[O-])c2c1[N+](=N)[O-]. The van der Waals surface area contributed by atoms with Crippen LogP contribution >= 0.6 is 0 Å². The molecule has 2 aromatic carbocycles. The van der Waals surface area contributed by atoms with Crippen LogP contribution < -0.4 is 0 Å². The number of benzene rings is 2. The van der Waals surface area contributed by atoms with Crippen molar-refractivity contribution in [3.63, 3.8) is 0 Å². The summed E-state index contributed by atoms with van der Waals surface area (Å²) in [6.07, 6.45) is 0. The van der Waals surface area contributed by atoms with Crippen LogP contribution in [-0.2, 0) is 10.1 Å². The van der Waals surface area contributed by atoms with Crippen molar-refractivity contribution in [3.8, 4) is 0 Å². The van der Waals surface area contributed by atoms with Gasteiger partial charge in [0.1, 0.15) is 10.3 Å². The van der Waals surface area contributed by atoms with Crippen LogP contribution in [0.15, 0.2) is 29.2 Å². The van der Waals surface area contributed by atoms with Crippen LogP contribution in [0.3, 0.4) is 0 Å². The molecule has 12 nitrogen and oxygen atoms in total. The summed E-state index contributed by atoms with van der Waals surface area (Å²) < 4.78 is 32.1. The van der Waals surface area contributed by atoms with E-state index in [0.717, 1.165) is 18.2 Å². The van der Waals surface area contributed by atoms with E-state index in [4.69, 9.17) is 11.1 Å². The molecule has 0 aromatic heterocycles. The molecule has 0 aliphatic carbocycles. The topological polar surface area (TPSA) is 197 Å². The summed E-state index contributed by atoms with van der Waals surface area (Å²) >= 11 is 0. The molecule has 3 N–H and O–H groups in total. The molecule has 0 amide bonds. The zero-order valence-electron chi connectivity index (χ0n) is 11.0. The van der Waals surface area contributed by atoms with Crippen molar-refractivity contribution in [1.29, 1.82) is 11.1 Å². The number of rotatable bonds is 4. The zero-order valence-corrected chi connectivity index (χ0v) is 11.8. The van der Waals surface area contributed by atoms with Crippen LogP contribution in [0.25, 0.3) is 10.8 Å².